The van der Waals surface area contributed by atoms with Gasteiger partial charge in [-0.15, -0.1) is 10.2 Å². The molecule has 0 aliphatic rings. The second kappa shape index (κ2) is 17.3. The molecule has 0 unspecified atom stereocenters. The van der Waals surface area contributed by atoms with E-state index in [1.807, 2.05) is 0 Å². The third-order valence-corrected chi connectivity index (χ3v) is 10.7. The van der Waals surface area contributed by atoms with Crippen LogP contribution in [0.25, 0.3) is 32.9 Å². The molecule has 0 atom stereocenters. The summed E-state index contributed by atoms with van der Waals surface area (Å²) in [4.78, 5) is -1.25. The molecule has 1 radical (unpaired) electrons. The predicted molar refractivity (Wildman–Crippen MR) is 207 cm³/mol. The summed E-state index contributed by atoms with van der Waals surface area (Å²) in [5, 5.41) is 74.7. The molecule has 2 aromatic heterocycles. The first kappa shape index (κ1) is 43.6. The Morgan fingerprint density at radius 3 is 1.08 bits per heavy atom. The van der Waals surface area contributed by atoms with Crippen LogP contribution in [-0.4, -0.2) is 45.5 Å². The number of hydrogen-bond acceptors (Lipinski definition) is 16. The maximum Gasteiger partial charge on any atom is 3.00 e. The van der Waals surface area contributed by atoms with E-state index in [1.165, 1.54) is 45.8 Å². The molecule has 18 nitrogen and oxygen atoms in total. The Hall–Kier alpha value is -6.99. The van der Waals surface area contributed by atoms with Crippen molar-refractivity contribution in [2.75, 3.05) is 0 Å². The van der Waals surface area contributed by atoms with Gasteiger partial charge in [0.2, 0.25) is 0 Å². The Morgan fingerprint density at radius 1 is 0.459 bits per heavy atom. The third-order valence-electron chi connectivity index (χ3n) is 8.90. The molecule has 0 aliphatic carbocycles. The molecule has 0 spiro atoms. The van der Waals surface area contributed by atoms with Crippen LogP contribution >= 0.6 is 0 Å². The Morgan fingerprint density at radius 2 is 0.754 bits per heavy atom. The molecule has 0 saturated heterocycles. The molecule has 0 bridgehead atoms. The van der Waals surface area contributed by atoms with Crippen molar-refractivity contribution in [2.24, 2.45) is 20.5 Å². The molecule has 61 heavy (non-hydrogen) atoms. The predicted octanol–water partition coefficient (Wildman–Crippen LogP) is 5.60. The van der Waals surface area contributed by atoms with Crippen LogP contribution in [0.3, 0.4) is 0 Å². The SMILES string of the molecule is Cc1nn(-c2ccccc2)c([O-])c1N=Nc1c([O-])cc(S(=O)(=O)[O-])c2ccccc12.Cc1nn(-c2ccccc2)c([O-])c1N=Nc1c([O-])cc(S(=O)(=O)[O-])c2ccccc12.[Cr+3]. The van der Waals surface area contributed by atoms with Gasteiger partial charge in [-0.1, -0.05) is 96.4 Å². The molecule has 0 N–H and O–H groups in total. The van der Waals surface area contributed by atoms with Gasteiger partial charge in [0.25, 0.3) is 0 Å². The molecule has 307 valence electrons. The van der Waals surface area contributed by atoms with E-state index >= 15 is 0 Å². The van der Waals surface area contributed by atoms with Gasteiger partial charge in [-0.05, 0) is 50.2 Å². The van der Waals surface area contributed by atoms with Crippen molar-refractivity contribution in [1.82, 2.24) is 19.6 Å². The fourth-order valence-electron chi connectivity index (χ4n) is 6.14. The fraction of sp³-hybridized carbons (Fsp3) is 0.0500. The van der Waals surface area contributed by atoms with Crippen molar-refractivity contribution in [3.8, 4) is 34.6 Å². The maximum atomic E-state index is 12.7. The third kappa shape index (κ3) is 8.83. The molecule has 8 rings (SSSR count). The molecule has 0 aliphatic heterocycles. The molecule has 21 heteroatoms. The number of aromatic nitrogens is 4. The van der Waals surface area contributed by atoms with Crippen molar-refractivity contribution in [2.45, 2.75) is 23.6 Å². The number of azo groups is 2. The number of aryl methyl sites for hydroxylation is 2. The van der Waals surface area contributed by atoms with Crippen LogP contribution in [0.15, 0.2) is 152 Å². The van der Waals surface area contributed by atoms with Crippen LogP contribution in [0.2, 0.25) is 0 Å². The number of hydrogen-bond donors (Lipinski definition) is 0. The minimum atomic E-state index is -4.86. The van der Waals surface area contributed by atoms with Crippen LogP contribution in [0, 0.1) is 13.8 Å². The minimum absolute atomic E-state index is 0. The Labute approximate surface area is 357 Å². The summed E-state index contributed by atoms with van der Waals surface area (Å²) >= 11 is 0. The van der Waals surface area contributed by atoms with Gasteiger partial charge < -0.3 is 29.5 Å². The average Bonchev–Trinajstić information content (AvgIpc) is 3.68. The second-order valence-corrected chi connectivity index (χ2v) is 15.5. The van der Waals surface area contributed by atoms with Gasteiger partial charge in [-0.25, -0.2) is 26.2 Å². The van der Waals surface area contributed by atoms with Crippen LogP contribution in [0.1, 0.15) is 11.4 Å². The van der Waals surface area contributed by atoms with E-state index in [0.29, 0.717) is 22.8 Å². The summed E-state index contributed by atoms with van der Waals surface area (Å²) in [5.41, 5.74) is 1.25. The minimum Gasteiger partial charge on any atom is -0.871 e. The van der Waals surface area contributed by atoms with Crippen molar-refractivity contribution in [3.05, 3.63) is 133 Å². The first-order chi connectivity index (χ1) is 28.5. The number of nitrogens with zero attached hydrogens (tertiary/aromatic N) is 8. The summed E-state index contributed by atoms with van der Waals surface area (Å²) in [7, 11) is -9.72. The summed E-state index contributed by atoms with van der Waals surface area (Å²) in [5.74, 6) is -2.63. The summed E-state index contributed by atoms with van der Waals surface area (Å²) in [6.07, 6.45) is 0. The second-order valence-electron chi connectivity index (χ2n) is 12.8. The zero-order chi connectivity index (χ0) is 42.9. The fourth-order valence-corrected chi connectivity index (χ4v) is 7.54. The molecule has 0 amide bonds. The topological polar surface area (TPSA) is 292 Å². The Balaban J connectivity index is 0.000000201. The quantitative estimate of drug-likeness (QED) is 0.133. The zero-order valence-electron chi connectivity index (χ0n) is 31.4. The first-order valence-corrected chi connectivity index (χ1v) is 20.2. The van der Waals surface area contributed by atoms with E-state index in [0.717, 1.165) is 12.1 Å². The van der Waals surface area contributed by atoms with Crippen molar-refractivity contribution < 1.29 is 63.7 Å². The monoisotopic (exact) mass is 894 g/mol. The van der Waals surface area contributed by atoms with Gasteiger partial charge in [0.1, 0.15) is 31.6 Å². The molecular formula is C40H26CrN8O10S2-3. The standard InChI is InChI=1S/2C20H16N4O5S.Cr/c2*1-12-18(20(26)24(23-12)13-7-3-2-4-8-13)21-22-19-15-10-6-5-9-14(15)17(11-16(19)25)30(27,28)29;/h2*2-11,25-26H,1H3,(H,27,28,29);/q;;+3/p-6. The van der Waals surface area contributed by atoms with Crippen molar-refractivity contribution in [3.63, 3.8) is 0 Å². The van der Waals surface area contributed by atoms with Gasteiger partial charge in [0.15, 0.2) is 0 Å². The van der Waals surface area contributed by atoms with Gasteiger partial charge >= 0.3 is 17.4 Å². The maximum absolute atomic E-state index is 12.7. The van der Waals surface area contributed by atoms with Crippen LogP contribution in [0.4, 0.5) is 22.7 Å². The van der Waals surface area contributed by atoms with Gasteiger partial charge in [-0.2, -0.15) is 20.4 Å². The Kier molecular flexibility index (Phi) is 12.4. The number of para-hydroxylation sites is 2. The average molecular weight is 895 g/mol. The number of fused-ring (bicyclic) bond motifs is 2. The summed E-state index contributed by atoms with van der Waals surface area (Å²) < 4.78 is 71.4. The van der Waals surface area contributed by atoms with Crippen molar-refractivity contribution >= 4 is 64.5 Å². The molecule has 8 aromatic rings. The van der Waals surface area contributed by atoms with Gasteiger partial charge in [0, 0.05) is 33.3 Å². The van der Waals surface area contributed by atoms with Crippen LogP contribution in [-0.2, 0) is 37.6 Å². The van der Waals surface area contributed by atoms with E-state index in [-0.39, 0.29) is 61.7 Å². The smallest absolute Gasteiger partial charge is 0.871 e. The Bertz CT molecular complexity index is 3020. The van der Waals surface area contributed by atoms with Crippen LogP contribution < -0.4 is 20.4 Å². The first-order valence-electron chi connectivity index (χ1n) is 17.4. The molecule has 0 saturated carbocycles. The van der Waals surface area contributed by atoms with Gasteiger partial charge in [0.05, 0.1) is 43.9 Å². The molecular weight excluding hydrogens is 869 g/mol. The van der Waals surface area contributed by atoms with Gasteiger partial charge in [-0.3, -0.25) is 0 Å². The molecule has 2 heterocycles. The molecule has 6 aromatic carbocycles. The van der Waals surface area contributed by atoms with E-state index in [1.54, 1.807) is 86.6 Å². The van der Waals surface area contributed by atoms with E-state index in [2.05, 4.69) is 30.7 Å². The zero-order valence-corrected chi connectivity index (χ0v) is 34.3. The van der Waals surface area contributed by atoms with Crippen LogP contribution in [0.5, 0.6) is 23.3 Å². The van der Waals surface area contributed by atoms with E-state index in [4.69, 9.17) is 0 Å². The van der Waals surface area contributed by atoms with Crippen molar-refractivity contribution in [1.29, 1.82) is 0 Å². The summed E-state index contributed by atoms with van der Waals surface area (Å²) in [6.45, 7) is 3.16. The van der Waals surface area contributed by atoms with E-state index in [9.17, 15) is 46.4 Å². The normalized spacial score (nSPS) is 11.9. The van der Waals surface area contributed by atoms with E-state index < -0.39 is 53.3 Å². The summed E-state index contributed by atoms with van der Waals surface area (Å²) in [6, 6.07) is 30.8. The number of rotatable bonds is 8. The largest absolute Gasteiger partial charge is 3.00 e. The number of benzene rings is 6. The molecule has 0 fully saturated rings.